The standard InChI is InChI=1S/C20H21F2N3O2.ClH/c1-13-2-4-14(5-3-13)18(23)20(27)25-10-8-24(9-11-25)19(26)16-7-6-15(21)12-17(16)22;/h2-7,12,18H,8-11,23H2,1H3;1H. The highest BCUT2D eigenvalue weighted by atomic mass is 35.5. The van der Waals surface area contributed by atoms with Gasteiger partial charge in [0.1, 0.15) is 17.7 Å². The van der Waals surface area contributed by atoms with E-state index < -0.39 is 23.6 Å². The Morgan fingerprint density at radius 2 is 1.54 bits per heavy atom. The van der Waals surface area contributed by atoms with E-state index in [1.54, 1.807) is 4.90 Å². The molecule has 0 bridgehead atoms. The second kappa shape index (κ2) is 9.12. The first-order valence-electron chi connectivity index (χ1n) is 8.72. The average molecular weight is 410 g/mol. The molecule has 1 fully saturated rings. The normalized spacial score (nSPS) is 15.0. The van der Waals surface area contributed by atoms with Crippen molar-refractivity contribution in [2.45, 2.75) is 13.0 Å². The number of benzene rings is 2. The maximum atomic E-state index is 13.8. The lowest BCUT2D eigenvalue weighted by molar-refractivity contribution is -0.134. The number of amides is 2. The Labute approximate surface area is 168 Å². The molecule has 28 heavy (non-hydrogen) atoms. The van der Waals surface area contributed by atoms with Gasteiger partial charge < -0.3 is 15.5 Å². The molecule has 8 heteroatoms. The van der Waals surface area contributed by atoms with Crippen LogP contribution >= 0.6 is 12.4 Å². The zero-order valence-electron chi connectivity index (χ0n) is 15.4. The molecule has 0 spiro atoms. The van der Waals surface area contributed by atoms with E-state index in [0.717, 1.165) is 23.3 Å². The molecule has 2 N–H and O–H groups in total. The van der Waals surface area contributed by atoms with Crippen molar-refractivity contribution in [3.8, 4) is 0 Å². The number of piperazine rings is 1. The summed E-state index contributed by atoms with van der Waals surface area (Å²) in [5.74, 6) is -2.34. The first kappa shape index (κ1) is 21.8. The van der Waals surface area contributed by atoms with Crippen LogP contribution in [-0.2, 0) is 4.79 Å². The van der Waals surface area contributed by atoms with Gasteiger partial charge in [-0.2, -0.15) is 0 Å². The molecule has 1 saturated heterocycles. The largest absolute Gasteiger partial charge is 0.337 e. The zero-order chi connectivity index (χ0) is 19.6. The molecular formula is C20H22ClF2N3O2. The maximum absolute atomic E-state index is 13.8. The van der Waals surface area contributed by atoms with Crippen LogP contribution in [0.4, 0.5) is 8.78 Å². The fourth-order valence-corrected chi connectivity index (χ4v) is 3.08. The number of hydrogen-bond acceptors (Lipinski definition) is 3. The molecule has 2 aromatic carbocycles. The number of halogens is 3. The number of aryl methyl sites for hydroxylation is 1. The predicted molar refractivity (Wildman–Crippen MR) is 104 cm³/mol. The third-order valence-electron chi connectivity index (χ3n) is 4.74. The zero-order valence-corrected chi connectivity index (χ0v) is 16.2. The fraction of sp³-hybridized carbons (Fsp3) is 0.300. The molecule has 1 aliphatic rings. The van der Waals surface area contributed by atoms with Crippen molar-refractivity contribution in [2.24, 2.45) is 5.73 Å². The van der Waals surface area contributed by atoms with E-state index >= 15 is 0 Å². The maximum Gasteiger partial charge on any atom is 0.256 e. The van der Waals surface area contributed by atoms with Crippen LogP contribution in [0, 0.1) is 18.6 Å². The number of carbonyl (C=O) groups excluding carboxylic acids is 2. The Morgan fingerprint density at radius 1 is 0.964 bits per heavy atom. The first-order valence-corrected chi connectivity index (χ1v) is 8.72. The summed E-state index contributed by atoms with van der Waals surface area (Å²) in [5, 5.41) is 0. The second-order valence-electron chi connectivity index (χ2n) is 6.63. The molecule has 1 unspecified atom stereocenters. The number of nitrogens with zero attached hydrogens (tertiary/aromatic N) is 2. The summed E-state index contributed by atoms with van der Waals surface area (Å²) in [4.78, 5) is 28.1. The first-order chi connectivity index (χ1) is 12.9. The lowest BCUT2D eigenvalue weighted by atomic mass is 10.0. The van der Waals surface area contributed by atoms with Crippen molar-refractivity contribution in [3.05, 3.63) is 70.8 Å². The number of nitrogens with two attached hydrogens (primary N) is 1. The summed E-state index contributed by atoms with van der Waals surface area (Å²) in [6.45, 7) is 3.11. The van der Waals surface area contributed by atoms with E-state index in [1.807, 2.05) is 31.2 Å². The van der Waals surface area contributed by atoms with E-state index in [1.165, 1.54) is 4.90 Å². The molecule has 150 valence electrons. The van der Waals surface area contributed by atoms with Gasteiger partial charge >= 0.3 is 0 Å². The Morgan fingerprint density at radius 3 is 2.11 bits per heavy atom. The molecule has 2 aromatic rings. The van der Waals surface area contributed by atoms with Crippen LogP contribution in [0.15, 0.2) is 42.5 Å². The van der Waals surface area contributed by atoms with Crippen LogP contribution in [0.5, 0.6) is 0 Å². The highest BCUT2D eigenvalue weighted by molar-refractivity contribution is 5.94. The van der Waals surface area contributed by atoms with Gasteiger partial charge in [0.2, 0.25) is 5.91 Å². The van der Waals surface area contributed by atoms with Crippen LogP contribution < -0.4 is 5.73 Å². The molecule has 0 aromatic heterocycles. The lowest BCUT2D eigenvalue weighted by Gasteiger charge is -2.36. The molecule has 3 rings (SSSR count). The van der Waals surface area contributed by atoms with Gasteiger partial charge in [-0.15, -0.1) is 12.4 Å². The summed E-state index contributed by atoms with van der Waals surface area (Å²) in [7, 11) is 0. The molecule has 0 aliphatic carbocycles. The highest BCUT2D eigenvalue weighted by Crippen LogP contribution is 2.17. The lowest BCUT2D eigenvalue weighted by Crippen LogP contribution is -2.52. The number of rotatable bonds is 3. The minimum Gasteiger partial charge on any atom is -0.337 e. The van der Waals surface area contributed by atoms with Crippen LogP contribution in [0.25, 0.3) is 0 Å². The Balaban J connectivity index is 0.00000280. The van der Waals surface area contributed by atoms with E-state index in [2.05, 4.69) is 0 Å². The minimum absolute atomic E-state index is 0. The average Bonchev–Trinajstić information content (AvgIpc) is 2.67. The van der Waals surface area contributed by atoms with Gasteiger partial charge in [-0.3, -0.25) is 9.59 Å². The van der Waals surface area contributed by atoms with E-state index in [-0.39, 0.29) is 37.0 Å². The van der Waals surface area contributed by atoms with Gasteiger partial charge in [0.15, 0.2) is 0 Å². The van der Waals surface area contributed by atoms with Crippen LogP contribution in [0.1, 0.15) is 27.5 Å². The van der Waals surface area contributed by atoms with Crippen molar-refractivity contribution in [2.75, 3.05) is 26.2 Å². The van der Waals surface area contributed by atoms with Gasteiger partial charge in [0, 0.05) is 32.2 Å². The predicted octanol–water partition coefficient (Wildman–Crippen LogP) is 2.68. The van der Waals surface area contributed by atoms with Gasteiger partial charge in [-0.1, -0.05) is 29.8 Å². The molecule has 2 amide bonds. The molecule has 0 radical (unpaired) electrons. The Bertz CT molecular complexity index is 853. The fourth-order valence-electron chi connectivity index (χ4n) is 3.08. The highest BCUT2D eigenvalue weighted by Gasteiger charge is 2.29. The van der Waals surface area contributed by atoms with Crippen LogP contribution in [0.3, 0.4) is 0 Å². The summed E-state index contributed by atoms with van der Waals surface area (Å²) in [6, 6.07) is 9.57. The smallest absolute Gasteiger partial charge is 0.256 e. The van der Waals surface area contributed by atoms with Gasteiger partial charge in [0.25, 0.3) is 5.91 Å². The Kier molecular flexibility index (Phi) is 7.10. The Hall–Kier alpha value is -2.51. The van der Waals surface area contributed by atoms with Crippen molar-refractivity contribution in [3.63, 3.8) is 0 Å². The second-order valence-corrected chi connectivity index (χ2v) is 6.63. The minimum atomic E-state index is -0.889. The van der Waals surface area contributed by atoms with Crippen molar-refractivity contribution < 1.29 is 18.4 Å². The summed E-state index contributed by atoms with van der Waals surface area (Å²) in [5.41, 5.74) is 7.72. The number of carbonyl (C=O) groups is 2. The van der Waals surface area contributed by atoms with Crippen molar-refractivity contribution >= 4 is 24.2 Å². The molecular weight excluding hydrogens is 388 g/mol. The summed E-state index contributed by atoms with van der Waals surface area (Å²) in [6.07, 6.45) is 0. The van der Waals surface area contributed by atoms with Gasteiger partial charge in [-0.25, -0.2) is 8.78 Å². The third kappa shape index (κ3) is 4.66. The topological polar surface area (TPSA) is 66.6 Å². The summed E-state index contributed by atoms with van der Waals surface area (Å²) < 4.78 is 26.8. The molecule has 1 heterocycles. The van der Waals surface area contributed by atoms with E-state index in [4.69, 9.17) is 5.73 Å². The van der Waals surface area contributed by atoms with Crippen LogP contribution in [-0.4, -0.2) is 47.8 Å². The van der Waals surface area contributed by atoms with Crippen molar-refractivity contribution in [1.82, 2.24) is 9.80 Å². The van der Waals surface area contributed by atoms with E-state index in [9.17, 15) is 18.4 Å². The van der Waals surface area contributed by atoms with E-state index in [0.29, 0.717) is 19.2 Å². The van der Waals surface area contributed by atoms with Crippen molar-refractivity contribution in [1.29, 1.82) is 0 Å². The third-order valence-corrected chi connectivity index (χ3v) is 4.74. The molecule has 1 aliphatic heterocycles. The number of hydrogen-bond donors (Lipinski definition) is 1. The molecule has 5 nitrogen and oxygen atoms in total. The quantitative estimate of drug-likeness (QED) is 0.847. The molecule has 1 atom stereocenters. The molecule has 0 saturated carbocycles. The SMILES string of the molecule is Cc1ccc(C(N)C(=O)N2CCN(C(=O)c3ccc(F)cc3F)CC2)cc1.Cl. The van der Waals surface area contributed by atoms with Crippen LogP contribution in [0.2, 0.25) is 0 Å². The van der Waals surface area contributed by atoms with Gasteiger partial charge in [-0.05, 0) is 24.6 Å². The van der Waals surface area contributed by atoms with Gasteiger partial charge in [0.05, 0.1) is 5.56 Å². The monoisotopic (exact) mass is 409 g/mol. The summed E-state index contributed by atoms with van der Waals surface area (Å²) >= 11 is 0.